The molecule has 7 heavy (non-hydrogen) atoms. The van der Waals surface area contributed by atoms with Crippen LogP contribution < -0.4 is 0 Å². The Labute approximate surface area is 62.2 Å². The van der Waals surface area contributed by atoms with Gasteiger partial charge >= 0.3 is 42.1 Å². The normalized spacial score (nSPS) is 6.43. The molecule has 0 bridgehead atoms. The van der Waals surface area contributed by atoms with Crippen molar-refractivity contribution in [2.75, 3.05) is 0 Å². The summed E-state index contributed by atoms with van der Waals surface area (Å²) in [6.07, 6.45) is 1.25. The van der Waals surface area contributed by atoms with E-state index in [-0.39, 0.29) is 0 Å². The van der Waals surface area contributed by atoms with Gasteiger partial charge in [-0.05, 0) is 0 Å². The summed E-state index contributed by atoms with van der Waals surface area (Å²) in [5.41, 5.74) is 0. The first-order chi connectivity index (χ1) is 3.15. The second-order valence-electron chi connectivity index (χ2n) is 0.955. The van der Waals surface area contributed by atoms with Crippen LogP contribution in [0.2, 0.25) is 0 Å². The van der Waals surface area contributed by atoms with Crippen molar-refractivity contribution < 1.29 is 0 Å². The molecule has 0 nitrogen and oxygen atoms in total. The fourth-order valence-corrected chi connectivity index (χ4v) is 0. The SMILES string of the molecule is CCC.[Cl][Ga]([Cl])[Cl]. The summed E-state index contributed by atoms with van der Waals surface area (Å²) in [6, 6.07) is 0. The molecular formula is C3H8Cl3Ga. The van der Waals surface area contributed by atoms with Crippen LogP contribution in [0.1, 0.15) is 20.3 Å². The van der Waals surface area contributed by atoms with Crippen LogP contribution in [0.15, 0.2) is 0 Å². The molecule has 0 spiro atoms. The molecule has 0 aromatic rings. The van der Waals surface area contributed by atoms with Gasteiger partial charge in [0.15, 0.2) is 0 Å². The number of hydrogen-bond donors (Lipinski definition) is 0. The molecule has 0 heterocycles. The molecule has 0 saturated carbocycles. The second kappa shape index (κ2) is 10.5. The monoisotopic (exact) mass is 218 g/mol. The Bertz CT molecular complexity index is 21.4. The van der Waals surface area contributed by atoms with Gasteiger partial charge in [-0.3, -0.25) is 0 Å². The molecule has 0 radical (unpaired) electrons. The van der Waals surface area contributed by atoms with Gasteiger partial charge in [0.1, 0.15) is 0 Å². The van der Waals surface area contributed by atoms with Crippen molar-refractivity contribution >= 4 is 42.1 Å². The van der Waals surface area contributed by atoms with Crippen molar-refractivity contribution in [2.24, 2.45) is 0 Å². The Hall–Kier alpha value is 1.51. The van der Waals surface area contributed by atoms with E-state index in [1.807, 2.05) is 0 Å². The third-order valence-corrected chi connectivity index (χ3v) is 0. The van der Waals surface area contributed by atoms with Crippen LogP contribution in [0, 0.1) is 0 Å². The topological polar surface area (TPSA) is 0 Å². The Balaban J connectivity index is 0. The fraction of sp³-hybridized carbons (Fsp3) is 1.00. The van der Waals surface area contributed by atoms with E-state index in [2.05, 4.69) is 13.8 Å². The van der Waals surface area contributed by atoms with Gasteiger partial charge < -0.3 is 0 Å². The molecule has 0 aliphatic heterocycles. The van der Waals surface area contributed by atoms with E-state index in [0.29, 0.717) is 0 Å². The summed E-state index contributed by atoms with van der Waals surface area (Å²) >= 11 is -2.06. The maximum atomic E-state index is 4.99. The first kappa shape index (κ1) is 11.3. The van der Waals surface area contributed by atoms with Gasteiger partial charge in [0.25, 0.3) is 0 Å². The first-order valence-electron chi connectivity index (χ1n) is 2.07. The van der Waals surface area contributed by atoms with Crippen LogP contribution in [0.25, 0.3) is 0 Å². The molecule has 44 valence electrons. The number of hydrogen-bond acceptors (Lipinski definition) is 0. The summed E-state index contributed by atoms with van der Waals surface area (Å²) in [6.45, 7) is 4.25. The number of rotatable bonds is 0. The van der Waals surface area contributed by atoms with Crippen molar-refractivity contribution in [3.05, 3.63) is 0 Å². The Morgan fingerprint density at radius 1 is 1.14 bits per heavy atom. The Morgan fingerprint density at radius 3 is 1.14 bits per heavy atom. The van der Waals surface area contributed by atoms with Crippen LogP contribution in [-0.2, 0) is 0 Å². The fourth-order valence-electron chi connectivity index (χ4n) is 0. The van der Waals surface area contributed by atoms with E-state index in [1.165, 1.54) is 6.42 Å². The van der Waals surface area contributed by atoms with Gasteiger partial charge in [-0.25, -0.2) is 0 Å². The molecule has 0 aliphatic rings. The molecule has 0 unspecified atom stereocenters. The van der Waals surface area contributed by atoms with Gasteiger partial charge in [-0.2, -0.15) is 0 Å². The molecule has 0 fully saturated rings. The van der Waals surface area contributed by atoms with E-state index in [4.69, 9.17) is 28.9 Å². The summed E-state index contributed by atoms with van der Waals surface area (Å²) in [7, 11) is 15.0. The van der Waals surface area contributed by atoms with Gasteiger partial charge in [0.05, 0.1) is 0 Å². The van der Waals surface area contributed by atoms with Crippen molar-refractivity contribution in [1.82, 2.24) is 0 Å². The average Bonchev–Trinajstić information content (AvgIpc) is 1.33. The zero-order chi connectivity index (χ0) is 6.28. The number of halogens is 3. The molecule has 0 aliphatic carbocycles. The standard InChI is InChI=1S/C3H8.3ClH.Ga/c1-3-2;;;;/h3H2,1-2H3;3*1H;/q;;;;+3/p-3. The summed E-state index contributed by atoms with van der Waals surface area (Å²) < 4.78 is 0. The van der Waals surface area contributed by atoms with Crippen LogP contribution in [0.3, 0.4) is 0 Å². The summed E-state index contributed by atoms with van der Waals surface area (Å²) in [5.74, 6) is 0. The minimum absolute atomic E-state index is 1.25. The molecule has 0 atom stereocenters. The van der Waals surface area contributed by atoms with Crippen LogP contribution in [0.4, 0.5) is 0 Å². The molecule has 0 aromatic carbocycles. The Kier molecular flexibility index (Phi) is 17.0. The molecular weight excluding hydrogens is 212 g/mol. The van der Waals surface area contributed by atoms with Crippen LogP contribution in [-0.4, -0.2) is 13.2 Å². The third kappa shape index (κ3) is 100. The zero-order valence-corrected chi connectivity index (χ0v) is 9.11. The van der Waals surface area contributed by atoms with Crippen LogP contribution in [0.5, 0.6) is 0 Å². The molecule has 0 saturated heterocycles. The van der Waals surface area contributed by atoms with E-state index in [1.54, 1.807) is 0 Å². The third-order valence-electron chi connectivity index (χ3n) is 0. The van der Waals surface area contributed by atoms with Crippen molar-refractivity contribution in [2.45, 2.75) is 20.3 Å². The van der Waals surface area contributed by atoms with Crippen LogP contribution >= 0.6 is 28.9 Å². The predicted octanol–water partition coefficient (Wildman–Crippen LogP) is 3.10. The Morgan fingerprint density at radius 2 is 1.14 bits per heavy atom. The predicted molar refractivity (Wildman–Crippen MR) is 39.3 cm³/mol. The van der Waals surface area contributed by atoms with Crippen molar-refractivity contribution in [3.63, 3.8) is 0 Å². The molecule has 0 rings (SSSR count). The first-order valence-corrected chi connectivity index (χ1v) is 11.6. The van der Waals surface area contributed by atoms with E-state index < -0.39 is 13.2 Å². The molecule has 0 N–H and O–H groups in total. The van der Waals surface area contributed by atoms with Crippen molar-refractivity contribution in [1.29, 1.82) is 0 Å². The van der Waals surface area contributed by atoms with E-state index >= 15 is 0 Å². The second-order valence-corrected chi connectivity index (χ2v) is 12.3. The maximum absolute atomic E-state index is 4.99. The van der Waals surface area contributed by atoms with Gasteiger partial charge in [0.2, 0.25) is 0 Å². The quantitative estimate of drug-likeness (QED) is 0.550. The summed E-state index contributed by atoms with van der Waals surface area (Å²) in [4.78, 5) is 0. The van der Waals surface area contributed by atoms with E-state index in [0.717, 1.165) is 0 Å². The van der Waals surface area contributed by atoms with Gasteiger partial charge in [-0.15, -0.1) is 0 Å². The minimum atomic E-state index is -2.06. The van der Waals surface area contributed by atoms with Gasteiger partial charge in [-0.1, -0.05) is 20.3 Å². The zero-order valence-electron chi connectivity index (χ0n) is 4.42. The van der Waals surface area contributed by atoms with E-state index in [9.17, 15) is 0 Å². The molecule has 4 heteroatoms. The summed E-state index contributed by atoms with van der Waals surface area (Å²) in [5, 5.41) is 0. The van der Waals surface area contributed by atoms with Gasteiger partial charge in [0, 0.05) is 0 Å². The molecule has 0 aromatic heterocycles. The van der Waals surface area contributed by atoms with Crippen molar-refractivity contribution in [3.8, 4) is 0 Å². The molecule has 0 amide bonds. The average molecular weight is 220 g/mol.